The van der Waals surface area contributed by atoms with E-state index in [9.17, 15) is 9.90 Å². The molecule has 0 amide bonds. The van der Waals surface area contributed by atoms with E-state index >= 15 is 0 Å². The van der Waals surface area contributed by atoms with E-state index in [-0.39, 0.29) is 0 Å². The molecule has 0 saturated heterocycles. The minimum absolute atomic E-state index is 0.315. The van der Waals surface area contributed by atoms with Gasteiger partial charge in [0.1, 0.15) is 17.5 Å². The van der Waals surface area contributed by atoms with Gasteiger partial charge in [-0.25, -0.2) is 0 Å². The van der Waals surface area contributed by atoms with E-state index < -0.39 is 12.0 Å². The first kappa shape index (κ1) is 16.6. The molecule has 0 radical (unpaired) electrons. The first-order chi connectivity index (χ1) is 10.1. The van der Waals surface area contributed by atoms with Crippen molar-refractivity contribution in [3.05, 3.63) is 34.2 Å². The van der Waals surface area contributed by atoms with E-state index in [4.69, 9.17) is 15.0 Å². The molecule has 0 fully saturated rings. The Morgan fingerprint density at radius 2 is 2.24 bits per heavy atom. The lowest BCUT2D eigenvalue weighted by molar-refractivity contribution is -0.139. The van der Waals surface area contributed by atoms with Gasteiger partial charge in [0, 0.05) is 23.1 Å². The van der Waals surface area contributed by atoms with Gasteiger partial charge in [0.05, 0.1) is 14.2 Å². The third kappa shape index (κ3) is 4.87. The number of hydrogen-bond donors (Lipinski definition) is 2. The lowest BCUT2D eigenvalue weighted by Crippen LogP contribution is -2.30. The summed E-state index contributed by atoms with van der Waals surface area (Å²) in [6.07, 6.45) is 0.548. The molecule has 1 atom stereocenters. The van der Waals surface area contributed by atoms with E-state index in [0.717, 1.165) is 0 Å². The van der Waals surface area contributed by atoms with Gasteiger partial charge in [-0.05, 0) is 30.6 Å². The van der Waals surface area contributed by atoms with Crippen molar-refractivity contribution in [2.75, 3.05) is 27.3 Å². The van der Waals surface area contributed by atoms with Crippen LogP contribution in [0.4, 0.5) is 0 Å². The van der Waals surface area contributed by atoms with Gasteiger partial charge in [-0.2, -0.15) is 0 Å². The molecular formula is C13H18N4O4. The predicted octanol–water partition coefficient (Wildman–Crippen LogP) is 2.12. The van der Waals surface area contributed by atoms with Crippen molar-refractivity contribution in [2.24, 2.45) is 5.11 Å². The molecule has 8 nitrogen and oxygen atoms in total. The van der Waals surface area contributed by atoms with Crippen molar-refractivity contribution >= 4 is 5.97 Å². The van der Waals surface area contributed by atoms with Crippen LogP contribution in [-0.4, -0.2) is 38.4 Å². The molecule has 0 heterocycles. The third-order valence-electron chi connectivity index (χ3n) is 2.85. The van der Waals surface area contributed by atoms with E-state index in [1.54, 1.807) is 18.2 Å². The van der Waals surface area contributed by atoms with E-state index in [1.807, 2.05) is 0 Å². The number of nitrogens with zero attached hydrogens (tertiary/aromatic N) is 3. The number of azide groups is 1. The summed E-state index contributed by atoms with van der Waals surface area (Å²) in [6.45, 7) is 0.723. The highest BCUT2D eigenvalue weighted by Crippen LogP contribution is 2.29. The Balaban J connectivity index is 2.84. The van der Waals surface area contributed by atoms with Crippen LogP contribution in [0.15, 0.2) is 23.3 Å². The van der Waals surface area contributed by atoms with Crippen LogP contribution >= 0.6 is 0 Å². The number of hydrogen-bond acceptors (Lipinski definition) is 5. The van der Waals surface area contributed by atoms with Crippen molar-refractivity contribution in [1.29, 1.82) is 0 Å². The molecule has 0 aliphatic carbocycles. The Hall–Kier alpha value is -2.44. The van der Waals surface area contributed by atoms with Gasteiger partial charge in [-0.1, -0.05) is 5.11 Å². The van der Waals surface area contributed by atoms with Gasteiger partial charge in [0.15, 0.2) is 0 Å². The first-order valence-electron chi connectivity index (χ1n) is 6.33. The lowest BCUT2D eigenvalue weighted by atomic mass is 10.1. The van der Waals surface area contributed by atoms with Crippen LogP contribution in [0.1, 0.15) is 18.0 Å². The number of methoxy groups -OCH3 is 2. The summed E-state index contributed by atoms with van der Waals surface area (Å²) in [5.41, 5.74) is 8.68. The summed E-state index contributed by atoms with van der Waals surface area (Å²) in [5.74, 6) is 0.00893. The maximum atomic E-state index is 11.4. The molecule has 114 valence electrons. The molecule has 8 heteroatoms. The number of carboxylic acid groups (broad SMARTS) is 1. The molecule has 1 aromatic rings. The topological polar surface area (TPSA) is 117 Å². The lowest BCUT2D eigenvalue weighted by Gasteiger charge is -2.18. The Labute approximate surface area is 122 Å². The normalized spacial score (nSPS) is 11.3. The molecule has 0 aliphatic rings. The van der Waals surface area contributed by atoms with Crippen molar-refractivity contribution in [1.82, 2.24) is 5.32 Å². The van der Waals surface area contributed by atoms with Gasteiger partial charge < -0.3 is 19.9 Å². The largest absolute Gasteiger partial charge is 0.497 e. The number of carbonyl (C=O) groups is 1. The number of ether oxygens (including phenoxy) is 2. The van der Waals surface area contributed by atoms with Crippen LogP contribution in [0.5, 0.6) is 11.5 Å². The summed E-state index contributed by atoms with van der Waals surface area (Å²) in [4.78, 5) is 14.1. The fraction of sp³-hybridized carbons (Fsp3) is 0.462. The van der Waals surface area contributed by atoms with E-state index in [2.05, 4.69) is 15.3 Å². The van der Waals surface area contributed by atoms with Crippen LogP contribution < -0.4 is 14.8 Å². The zero-order valence-corrected chi connectivity index (χ0v) is 11.9. The maximum Gasteiger partial charge on any atom is 0.325 e. The SMILES string of the molecule is COc1ccc(C(NCCCN=[N+]=[N-])C(=O)O)c(OC)c1. The quantitative estimate of drug-likeness (QED) is 0.313. The number of carboxylic acids is 1. The Bertz CT molecular complexity index is 529. The van der Waals surface area contributed by atoms with Crippen LogP contribution in [0, 0.1) is 0 Å². The van der Waals surface area contributed by atoms with Crippen LogP contribution in [0.2, 0.25) is 0 Å². The second-order valence-corrected chi connectivity index (χ2v) is 4.14. The molecular weight excluding hydrogens is 276 g/mol. The van der Waals surface area contributed by atoms with E-state index in [0.29, 0.717) is 36.6 Å². The summed E-state index contributed by atoms with van der Waals surface area (Å²) in [5, 5.41) is 15.6. The second kappa shape index (κ2) is 8.68. The predicted molar refractivity (Wildman–Crippen MR) is 76.6 cm³/mol. The van der Waals surface area contributed by atoms with Gasteiger partial charge in [0.2, 0.25) is 0 Å². The monoisotopic (exact) mass is 294 g/mol. The number of aliphatic carboxylic acids is 1. The maximum absolute atomic E-state index is 11.4. The summed E-state index contributed by atoms with van der Waals surface area (Å²) >= 11 is 0. The highest BCUT2D eigenvalue weighted by atomic mass is 16.5. The van der Waals surface area contributed by atoms with E-state index in [1.165, 1.54) is 14.2 Å². The minimum atomic E-state index is -1.01. The number of rotatable bonds is 9. The highest BCUT2D eigenvalue weighted by molar-refractivity contribution is 5.77. The van der Waals surface area contributed by atoms with Crippen LogP contribution in [0.3, 0.4) is 0 Å². The average molecular weight is 294 g/mol. The molecule has 2 N–H and O–H groups in total. The molecule has 0 bridgehead atoms. The standard InChI is InChI=1S/C13H18N4O4/c1-20-9-4-5-10(11(8-9)21-2)12(13(18)19)15-6-3-7-16-17-14/h4-5,8,12,15H,3,6-7H2,1-2H3,(H,18,19). The van der Waals surface area contributed by atoms with Crippen LogP contribution in [0.25, 0.3) is 10.4 Å². The second-order valence-electron chi connectivity index (χ2n) is 4.14. The molecule has 1 unspecified atom stereocenters. The summed E-state index contributed by atoms with van der Waals surface area (Å²) in [7, 11) is 3.00. The third-order valence-corrected chi connectivity index (χ3v) is 2.85. The first-order valence-corrected chi connectivity index (χ1v) is 6.33. The number of nitrogens with one attached hydrogen (secondary N) is 1. The molecule has 21 heavy (non-hydrogen) atoms. The fourth-order valence-corrected chi connectivity index (χ4v) is 1.83. The number of benzene rings is 1. The zero-order valence-electron chi connectivity index (χ0n) is 11.9. The molecule has 0 saturated carbocycles. The fourth-order valence-electron chi connectivity index (χ4n) is 1.83. The smallest absolute Gasteiger partial charge is 0.325 e. The average Bonchev–Trinajstić information content (AvgIpc) is 2.50. The Morgan fingerprint density at radius 3 is 2.81 bits per heavy atom. The van der Waals surface area contributed by atoms with Crippen molar-refractivity contribution < 1.29 is 19.4 Å². The molecule has 1 aromatic carbocycles. The summed E-state index contributed by atoms with van der Waals surface area (Å²) < 4.78 is 10.3. The molecule has 0 aromatic heterocycles. The molecule has 0 aliphatic heterocycles. The zero-order chi connectivity index (χ0) is 15.7. The van der Waals surface area contributed by atoms with Gasteiger partial charge in [-0.15, -0.1) is 0 Å². The Morgan fingerprint density at radius 1 is 1.48 bits per heavy atom. The molecule has 0 spiro atoms. The van der Waals surface area contributed by atoms with Crippen molar-refractivity contribution in [2.45, 2.75) is 12.5 Å². The highest BCUT2D eigenvalue weighted by Gasteiger charge is 2.23. The van der Waals surface area contributed by atoms with Crippen molar-refractivity contribution in [3.63, 3.8) is 0 Å². The van der Waals surface area contributed by atoms with Crippen molar-refractivity contribution in [3.8, 4) is 11.5 Å². The molecule has 1 rings (SSSR count). The Kier molecular flexibility index (Phi) is 6.86. The van der Waals surface area contributed by atoms with Gasteiger partial charge >= 0.3 is 5.97 Å². The van der Waals surface area contributed by atoms with Crippen LogP contribution in [-0.2, 0) is 4.79 Å². The minimum Gasteiger partial charge on any atom is -0.497 e. The van der Waals surface area contributed by atoms with Gasteiger partial charge in [-0.3, -0.25) is 4.79 Å². The van der Waals surface area contributed by atoms with Gasteiger partial charge in [0.25, 0.3) is 0 Å². The summed E-state index contributed by atoms with van der Waals surface area (Å²) in [6, 6.07) is 4.05.